The molecule has 1 aromatic rings. The van der Waals surface area contributed by atoms with Crippen molar-refractivity contribution in [2.75, 3.05) is 33.7 Å². The lowest BCUT2D eigenvalue weighted by Gasteiger charge is -2.24. The molecule has 0 aliphatic carbocycles. The Hall–Kier alpha value is -1.17. The van der Waals surface area contributed by atoms with E-state index in [1.165, 1.54) is 6.07 Å². The van der Waals surface area contributed by atoms with Gasteiger partial charge in [0, 0.05) is 36.8 Å². The largest absolute Gasteiger partial charge is 0.308 e. The number of non-ortho nitro benzene ring substituents is 1. The molecule has 1 rings (SSSR count). The van der Waals surface area contributed by atoms with Crippen LogP contribution >= 0.6 is 11.6 Å². The van der Waals surface area contributed by atoms with Crippen LogP contribution in [0, 0.1) is 10.1 Å². The van der Waals surface area contributed by atoms with Gasteiger partial charge in [0.05, 0.1) is 4.92 Å². The first-order chi connectivity index (χ1) is 9.43. The van der Waals surface area contributed by atoms with Crippen molar-refractivity contribution >= 4 is 17.3 Å². The number of rotatable bonds is 8. The number of nitro benzene ring substituents is 1. The van der Waals surface area contributed by atoms with Crippen LogP contribution in [-0.2, 0) is 6.54 Å². The quantitative estimate of drug-likeness (QED) is 0.547. The van der Waals surface area contributed by atoms with Gasteiger partial charge in [-0.3, -0.25) is 15.0 Å². The molecule has 0 atom stereocenters. The average molecular weight is 300 g/mol. The summed E-state index contributed by atoms with van der Waals surface area (Å²) in [5, 5.41) is 11.4. The van der Waals surface area contributed by atoms with Crippen LogP contribution in [0.2, 0.25) is 5.02 Å². The fourth-order valence-electron chi connectivity index (χ4n) is 1.96. The van der Waals surface area contributed by atoms with Crippen molar-refractivity contribution < 1.29 is 4.92 Å². The maximum absolute atomic E-state index is 10.8. The van der Waals surface area contributed by atoms with Crippen LogP contribution in [-0.4, -0.2) is 48.5 Å². The van der Waals surface area contributed by atoms with Crippen LogP contribution in [0.4, 0.5) is 5.69 Å². The van der Waals surface area contributed by atoms with E-state index in [0.717, 1.165) is 31.6 Å². The molecule has 0 fully saturated rings. The highest BCUT2D eigenvalue weighted by atomic mass is 35.5. The van der Waals surface area contributed by atoms with Gasteiger partial charge < -0.3 is 4.90 Å². The Morgan fingerprint density at radius 1 is 1.25 bits per heavy atom. The summed E-state index contributed by atoms with van der Waals surface area (Å²) >= 11 is 6.15. The van der Waals surface area contributed by atoms with Crippen molar-refractivity contribution in [2.24, 2.45) is 0 Å². The first kappa shape index (κ1) is 16.9. The second-order valence-corrected chi connectivity index (χ2v) is 5.52. The van der Waals surface area contributed by atoms with Gasteiger partial charge in [0.1, 0.15) is 0 Å². The Kier molecular flexibility index (Phi) is 6.91. The zero-order chi connectivity index (χ0) is 15.1. The van der Waals surface area contributed by atoms with E-state index in [2.05, 4.69) is 16.7 Å². The zero-order valence-electron chi connectivity index (χ0n) is 12.3. The third-order valence-electron chi connectivity index (χ3n) is 3.04. The maximum atomic E-state index is 10.8. The minimum atomic E-state index is -0.385. The normalized spacial score (nSPS) is 11.3. The third-order valence-corrected chi connectivity index (χ3v) is 3.41. The van der Waals surface area contributed by atoms with E-state index in [-0.39, 0.29) is 10.6 Å². The Balaban J connectivity index is 2.81. The predicted molar refractivity (Wildman–Crippen MR) is 82.2 cm³/mol. The van der Waals surface area contributed by atoms with Crippen molar-refractivity contribution in [1.29, 1.82) is 0 Å². The van der Waals surface area contributed by atoms with Crippen LogP contribution in [0.1, 0.15) is 18.9 Å². The van der Waals surface area contributed by atoms with E-state index >= 15 is 0 Å². The topological polar surface area (TPSA) is 49.6 Å². The third kappa shape index (κ3) is 5.45. The molecule has 0 unspecified atom stereocenters. The molecule has 0 bridgehead atoms. The average Bonchev–Trinajstić information content (AvgIpc) is 2.38. The SMILES string of the molecule is CCCN(CCN(C)C)Cc1cc([N+](=O)[O-])ccc1Cl. The molecule has 0 aliphatic rings. The highest BCUT2D eigenvalue weighted by Gasteiger charge is 2.13. The van der Waals surface area contributed by atoms with Gasteiger partial charge in [-0.25, -0.2) is 0 Å². The molecule has 0 saturated carbocycles. The summed E-state index contributed by atoms with van der Waals surface area (Å²) in [4.78, 5) is 14.8. The monoisotopic (exact) mass is 299 g/mol. The second-order valence-electron chi connectivity index (χ2n) is 5.11. The molecule has 0 amide bonds. The molecule has 0 spiro atoms. The summed E-state index contributed by atoms with van der Waals surface area (Å²) in [6.45, 7) is 5.58. The Morgan fingerprint density at radius 2 is 1.95 bits per heavy atom. The standard InChI is InChI=1S/C14H22ClN3O2/c1-4-7-17(9-8-16(2)3)11-12-10-13(18(19)20)5-6-14(12)15/h5-6,10H,4,7-9,11H2,1-3H3. The molecule has 0 radical (unpaired) electrons. The van der Waals surface area contributed by atoms with E-state index in [0.29, 0.717) is 11.6 Å². The minimum Gasteiger partial charge on any atom is -0.308 e. The van der Waals surface area contributed by atoms with Gasteiger partial charge in [-0.1, -0.05) is 18.5 Å². The maximum Gasteiger partial charge on any atom is 0.269 e. The summed E-state index contributed by atoms with van der Waals surface area (Å²) < 4.78 is 0. The fourth-order valence-corrected chi connectivity index (χ4v) is 2.14. The molecule has 0 aliphatic heterocycles. The Labute approximate surface area is 125 Å². The van der Waals surface area contributed by atoms with E-state index in [1.54, 1.807) is 12.1 Å². The van der Waals surface area contributed by atoms with Gasteiger partial charge >= 0.3 is 0 Å². The van der Waals surface area contributed by atoms with Crippen LogP contribution in [0.15, 0.2) is 18.2 Å². The molecule has 6 heteroatoms. The van der Waals surface area contributed by atoms with E-state index in [1.807, 2.05) is 14.1 Å². The summed E-state index contributed by atoms with van der Waals surface area (Å²) in [6.07, 6.45) is 1.04. The van der Waals surface area contributed by atoms with Crippen LogP contribution < -0.4 is 0 Å². The number of likely N-dealkylation sites (N-methyl/N-ethyl adjacent to an activating group) is 1. The smallest absolute Gasteiger partial charge is 0.269 e. The van der Waals surface area contributed by atoms with E-state index in [4.69, 9.17) is 11.6 Å². The Morgan fingerprint density at radius 3 is 2.50 bits per heavy atom. The minimum absolute atomic E-state index is 0.0912. The zero-order valence-corrected chi connectivity index (χ0v) is 13.1. The highest BCUT2D eigenvalue weighted by molar-refractivity contribution is 6.31. The number of nitro groups is 1. The number of hydrogen-bond donors (Lipinski definition) is 0. The van der Waals surface area contributed by atoms with Crippen LogP contribution in [0.3, 0.4) is 0 Å². The molecule has 0 N–H and O–H groups in total. The van der Waals surface area contributed by atoms with Crippen molar-refractivity contribution in [3.8, 4) is 0 Å². The second kappa shape index (κ2) is 8.19. The lowest BCUT2D eigenvalue weighted by Crippen LogP contribution is -2.32. The molecule has 0 aromatic heterocycles. The predicted octanol–water partition coefficient (Wildman–Crippen LogP) is 3.02. The molecule has 0 heterocycles. The van der Waals surface area contributed by atoms with Gasteiger partial charge in [0.2, 0.25) is 0 Å². The molecule has 5 nitrogen and oxygen atoms in total. The van der Waals surface area contributed by atoms with Crippen molar-refractivity contribution in [3.63, 3.8) is 0 Å². The number of benzene rings is 1. The van der Waals surface area contributed by atoms with Crippen molar-refractivity contribution in [2.45, 2.75) is 19.9 Å². The van der Waals surface area contributed by atoms with Crippen molar-refractivity contribution in [3.05, 3.63) is 38.9 Å². The first-order valence-corrected chi connectivity index (χ1v) is 7.11. The van der Waals surface area contributed by atoms with Crippen LogP contribution in [0.25, 0.3) is 0 Å². The summed E-state index contributed by atoms with van der Waals surface area (Å²) in [6, 6.07) is 4.61. The summed E-state index contributed by atoms with van der Waals surface area (Å²) in [7, 11) is 4.06. The first-order valence-electron chi connectivity index (χ1n) is 6.74. The molecule has 0 saturated heterocycles. The van der Waals surface area contributed by atoms with Gasteiger partial charge in [-0.2, -0.15) is 0 Å². The number of halogens is 1. The molecular weight excluding hydrogens is 278 g/mol. The Bertz CT molecular complexity index is 452. The van der Waals surface area contributed by atoms with Gasteiger partial charge in [0.15, 0.2) is 0 Å². The molecule has 20 heavy (non-hydrogen) atoms. The lowest BCUT2D eigenvalue weighted by molar-refractivity contribution is -0.384. The number of hydrogen-bond acceptors (Lipinski definition) is 4. The molecule has 112 valence electrons. The molecular formula is C14H22ClN3O2. The molecule has 1 aromatic carbocycles. The van der Waals surface area contributed by atoms with Gasteiger partial charge in [-0.15, -0.1) is 0 Å². The van der Waals surface area contributed by atoms with Gasteiger partial charge in [0.25, 0.3) is 5.69 Å². The lowest BCUT2D eigenvalue weighted by atomic mass is 10.2. The van der Waals surface area contributed by atoms with E-state index < -0.39 is 0 Å². The van der Waals surface area contributed by atoms with Crippen molar-refractivity contribution in [1.82, 2.24) is 9.80 Å². The van der Waals surface area contributed by atoms with E-state index in [9.17, 15) is 10.1 Å². The fraction of sp³-hybridized carbons (Fsp3) is 0.571. The summed E-state index contributed by atoms with van der Waals surface area (Å²) in [5.41, 5.74) is 0.904. The highest BCUT2D eigenvalue weighted by Crippen LogP contribution is 2.23. The number of nitrogens with zero attached hydrogens (tertiary/aromatic N) is 3. The van der Waals surface area contributed by atoms with Gasteiger partial charge in [-0.05, 0) is 38.7 Å². The van der Waals surface area contributed by atoms with Crippen LogP contribution in [0.5, 0.6) is 0 Å². The summed E-state index contributed by atoms with van der Waals surface area (Å²) in [5.74, 6) is 0.